The van der Waals surface area contributed by atoms with Crippen molar-refractivity contribution < 1.29 is 13.9 Å². The number of thiophene rings is 1. The van der Waals surface area contributed by atoms with Gasteiger partial charge in [0.25, 0.3) is 0 Å². The molecule has 0 fully saturated rings. The molecule has 5 heteroatoms. The standard InChI is InChI=1S/C15H9ClF2OS/c16-11-6-13(18)12(17)5-9(11)15(19)10-7-20-14-4-2-1-3-8(10)14/h1-7,15,19H. The van der Waals surface area contributed by atoms with Crippen molar-refractivity contribution >= 4 is 33.0 Å². The van der Waals surface area contributed by atoms with Crippen molar-refractivity contribution in [2.75, 3.05) is 0 Å². The van der Waals surface area contributed by atoms with Crippen LogP contribution in [-0.2, 0) is 0 Å². The van der Waals surface area contributed by atoms with Crippen molar-refractivity contribution in [3.05, 3.63) is 69.6 Å². The van der Waals surface area contributed by atoms with Gasteiger partial charge in [0, 0.05) is 20.8 Å². The van der Waals surface area contributed by atoms with Crippen molar-refractivity contribution in [2.45, 2.75) is 6.10 Å². The van der Waals surface area contributed by atoms with Crippen molar-refractivity contribution in [3.63, 3.8) is 0 Å². The highest BCUT2D eigenvalue weighted by Gasteiger charge is 2.20. The minimum atomic E-state index is -1.09. The lowest BCUT2D eigenvalue weighted by atomic mass is 10.0. The molecule has 0 saturated heterocycles. The molecule has 0 saturated carbocycles. The van der Waals surface area contributed by atoms with Gasteiger partial charge in [-0.25, -0.2) is 8.78 Å². The fourth-order valence-electron chi connectivity index (χ4n) is 2.13. The quantitative estimate of drug-likeness (QED) is 0.666. The predicted octanol–water partition coefficient (Wildman–Crippen LogP) is 4.91. The van der Waals surface area contributed by atoms with Gasteiger partial charge >= 0.3 is 0 Å². The lowest BCUT2D eigenvalue weighted by molar-refractivity contribution is 0.221. The van der Waals surface area contributed by atoms with Crippen LogP contribution in [0.1, 0.15) is 17.2 Å². The van der Waals surface area contributed by atoms with Crippen LogP contribution >= 0.6 is 22.9 Å². The van der Waals surface area contributed by atoms with Crippen LogP contribution in [-0.4, -0.2) is 5.11 Å². The number of hydrogen-bond donors (Lipinski definition) is 1. The van der Waals surface area contributed by atoms with Gasteiger partial charge in [0.15, 0.2) is 11.6 Å². The van der Waals surface area contributed by atoms with E-state index in [9.17, 15) is 13.9 Å². The lowest BCUT2D eigenvalue weighted by Gasteiger charge is -2.13. The zero-order valence-corrected chi connectivity index (χ0v) is 11.7. The highest BCUT2D eigenvalue weighted by atomic mass is 35.5. The second-order valence-electron chi connectivity index (χ2n) is 4.38. The molecule has 1 unspecified atom stereocenters. The summed E-state index contributed by atoms with van der Waals surface area (Å²) in [4.78, 5) is 0. The number of halogens is 3. The second kappa shape index (κ2) is 5.13. The third-order valence-corrected chi connectivity index (χ3v) is 4.45. The van der Waals surface area contributed by atoms with E-state index in [-0.39, 0.29) is 10.6 Å². The molecule has 2 aromatic carbocycles. The van der Waals surface area contributed by atoms with Gasteiger partial charge in [-0.3, -0.25) is 0 Å². The summed E-state index contributed by atoms with van der Waals surface area (Å²) in [6.07, 6.45) is -1.09. The van der Waals surface area contributed by atoms with E-state index in [1.165, 1.54) is 11.3 Å². The molecule has 0 spiro atoms. The minimum absolute atomic E-state index is 0.00619. The SMILES string of the molecule is OC(c1cc(F)c(F)cc1Cl)c1csc2ccccc12. The lowest BCUT2D eigenvalue weighted by Crippen LogP contribution is -2.01. The van der Waals surface area contributed by atoms with Gasteiger partial charge in [0.05, 0.1) is 0 Å². The van der Waals surface area contributed by atoms with Crippen molar-refractivity contribution in [2.24, 2.45) is 0 Å². The van der Waals surface area contributed by atoms with Crippen molar-refractivity contribution in [1.82, 2.24) is 0 Å². The van der Waals surface area contributed by atoms with Crippen LogP contribution in [0, 0.1) is 11.6 Å². The Morgan fingerprint density at radius 3 is 2.55 bits per heavy atom. The van der Waals surface area contributed by atoms with Crippen LogP contribution in [0.25, 0.3) is 10.1 Å². The first-order valence-corrected chi connectivity index (χ1v) is 7.12. The van der Waals surface area contributed by atoms with Gasteiger partial charge < -0.3 is 5.11 Å². The molecule has 0 aliphatic rings. The van der Waals surface area contributed by atoms with Crippen LogP contribution in [0.3, 0.4) is 0 Å². The summed E-state index contributed by atoms with van der Waals surface area (Å²) < 4.78 is 27.4. The fourth-order valence-corrected chi connectivity index (χ4v) is 3.36. The summed E-state index contributed by atoms with van der Waals surface area (Å²) in [5.41, 5.74) is 0.799. The van der Waals surface area contributed by atoms with Crippen LogP contribution in [0.5, 0.6) is 0 Å². The highest BCUT2D eigenvalue weighted by Crippen LogP contribution is 2.36. The molecule has 0 aliphatic heterocycles. The second-order valence-corrected chi connectivity index (χ2v) is 5.70. The van der Waals surface area contributed by atoms with E-state index >= 15 is 0 Å². The van der Waals surface area contributed by atoms with E-state index in [2.05, 4.69) is 0 Å². The maximum absolute atomic E-state index is 13.3. The van der Waals surface area contributed by atoms with Gasteiger partial charge in [-0.15, -0.1) is 11.3 Å². The van der Waals surface area contributed by atoms with E-state index in [1.54, 1.807) is 5.38 Å². The summed E-state index contributed by atoms with van der Waals surface area (Å²) in [6, 6.07) is 9.39. The molecule has 0 bridgehead atoms. The monoisotopic (exact) mass is 310 g/mol. The number of hydrogen-bond acceptors (Lipinski definition) is 2. The van der Waals surface area contributed by atoms with Crippen LogP contribution in [0.15, 0.2) is 41.8 Å². The van der Waals surface area contributed by atoms with Crippen molar-refractivity contribution in [3.8, 4) is 0 Å². The molecule has 102 valence electrons. The third kappa shape index (κ3) is 2.20. The number of aliphatic hydroxyl groups is 1. The smallest absolute Gasteiger partial charge is 0.160 e. The summed E-state index contributed by atoms with van der Waals surface area (Å²) >= 11 is 7.38. The van der Waals surface area contributed by atoms with Gasteiger partial charge in [-0.05, 0) is 29.0 Å². The molecule has 3 aromatic rings. The number of rotatable bonds is 2. The van der Waals surface area contributed by atoms with Gasteiger partial charge in [-0.1, -0.05) is 29.8 Å². The molecule has 1 N–H and O–H groups in total. The Kier molecular flexibility index (Phi) is 3.46. The van der Waals surface area contributed by atoms with Gasteiger partial charge in [0.1, 0.15) is 6.10 Å². The average molecular weight is 311 g/mol. The number of fused-ring (bicyclic) bond motifs is 1. The average Bonchev–Trinajstić information content (AvgIpc) is 2.86. The maximum Gasteiger partial charge on any atom is 0.160 e. The molecular formula is C15H9ClF2OS. The summed E-state index contributed by atoms with van der Waals surface area (Å²) in [5.74, 6) is -2.05. The minimum Gasteiger partial charge on any atom is -0.384 e. The first-order valence-electron chi connectivity index (χ1n) is 5.86. The zero-order chi connectivity index (χ0) is 14.3. The van der Waals surface area contributed by atoms with E-state index in [4.69, 9.17) is 11.6 Å². The van der Waals surface area contributed by atoms with Gasteiger partial charge in [-0.2, -0.15) is 0 Å². The first kappa shape index (κ1) is 13.5. The molecule has 1 heterocycles. The molecule has 1 atom stereocenters. The molecular weight excluding hydrogens is 302 g/mol. The van der Waals surface area contributed by atoms with E-state index in [0.29, 0.717) is 5.56 Å². The Labute approximate surface area is 123 Å². The Morgan fingerprint density at radius 2 is 1.75 bits per heavy atom. The normalized spacial score (nSPS) is 12.8. The Morgan fingerprint density at radius 1 is 1.05 bits per heavy atom. The van der Waals surface area contributed by atoms with Gasteiger partial charge in [0.2, 0.25) is 0 Å². The molecule has 1 nitrogen and oxygen atoms in total. The Hall–Kier alpha value is -1.49. The predicted molar refractivity (Wildman–Crippen MR) is 77.3 cm³/mol. The molecule has 0 amide bonds. The van der Waals surface area contributed by atoms with E-state index in [0.717, 1.165) is 22.2 Å². The van der Waals surface area contributed by atoms with Crippen LogP contribution in [0.2, 0.25) is 5.02 Å². The van der Waals surface area contributed by atoms with Crippen LogP contribution < -0.4 is 0 Å². The first-order chi connectivity index (χ1) is 9.58. The summed E-state index contributed by atoms with van der Waals surface area (Å²) in [5, 5.41) is 13.1. The Balaban J connectivity index is 2.13. The zero-order valence-electron chi connectivity index (χ0n) is 10.1. The molecule has 3 rings (SSSR count). The molecule has 0 radical (unpaired) electrons. The number of benzene rings is 2. The van der Waals surface area contributed by atoms with E-state index in [1.807, 2.05) is 24.3 Å². The highest BCUT2D eigenvalue weighted by molar-refractivity contribution is 7.17. The molecule has 1 aromatic heterocycles. The van der Waals surface area contributed by atoms with Crippen LogP contribution in [0.4, 0.5) is 8.78 Å². The fraction of sp³-hybridized carbons (Fsp3) is 0.0667. The topological polar surface area (TPSA) is 20.2 Å². The Bertz CT molecular complexity index is 785. The number of aliphatic hydroxyl groups excluding tert-OH is 1. The molecule has 20 heavy (non-hydrogen) atoms. The largest absolute Gasteiger partial charge is 0.384 e. The molecule has 0 aliphatic carbocycles. The summed E-state index contributed by atoms with van der Waals surface area (Å²) in [6.45, 7) is 0. The third-order valence-electron chi connectivity index (χ3n) is 3.14. The summed E-state index contributed by atoms with van der Waals surface area (Å²) in [7, 11) is 0. The maximum atomic E-state index is 13.3. The van der Waals surface area contributed by atoms with E-state index < -0.39 is 17.7 Å². The van der Waals surface area contributed by atoms with Crippen molar-refractivity contribution in [1.29, 1.82) is 0 Å².